The van der Waals surface area contributed by atoms with Crippen LogP contribution in [0.1, 0.15) is 129 Å². The maximum absolute atomic E-state index is 9.97. The molecular formula is C22H46O2. The van der Waals surface area contributed by atoms with Gasteiger partial charge in [0, 0.05) is 6.61 Å². The van der Waals surface area contributed by atoms with Crippen LogP contribution in [0.4, 0.5) is 0 Å². The van der Waals surface area contributed by atoms with E-state index in [-0.39, 0.29) is 6.10 Å². The molecule has 2 nitrogen and oxygen atoms in total. The van der Waals surface area contributed by atoms with E-state index in [1.54, 1.807) is 0 Å². The lowest BCUT2D eigenvalue weighted by molar-refractivity contribution is 0.147. The predicted molar refractivity (Wildman–Crippen MR) is 106 cm³/mol. The van der Waals surface area contributed by atoms with Gasteiger partial charge in [-0.15, -0.1) is 0 Å². The second kappa shape index (κ2) is 21.0. The molecule has 1 atom stereocenters. The molecule has 2 N–H and O–H groups in total. The van der Waals surface area contributed by atoms with Crippen LogP contribution in [0, 0.1) is 0 Å². The molecule has 0 saturated carbocycles. The van der Waals surface area contributed by atoms with Crippen LogP contribution in [0.25, 0.3) is 0 Å². The van der Waals surface area contributed by atoms with Crippen molar-refractivity contribution in [2.24, 2.45) is 0 Å². The fraction of sp³-hybridized carbons (Fsp3) is 1.00. The summed E-state index contributed by atoms with van der Waals surface area (Å²) >= 11 is 0. The normalized spacial score (nSPS) is 12.6. The average molecular weight is 343 g/mol. The van der Waals surface area contributed by atoms with Crippen molar-refractivity contribution in [1.29, 1.82) is 0 Å². The molecule has 0 aromatic heterocycles. The van der Waals surface area contributed by atoms with Gasteiger partial charge in [0.1, 0.15) is 0 Å². The molecule has 0 bridgehead atoms. The Bertz CT molecular complexity index is 218. The van der Waals surface area contributed by atoms with Gasteiger partial charge in [-0.05, 0) is 19.3 Å². The molecule has 1 unspecified atom stereocenters. The Labute approximate surface area is 152 Å². The van der Waals surface area contributed by atoms with Crippen LogP contribution in [0.15, 0.2) is 0 Å². The third-order valence-electron chi connectivity index (χ3n) is 5.09. The molecule has 0 rings (SSSR count). The fourth-order valence-electron chi connectivity index (χ4n) is 3.39. The van der Waals surface area contributed by atoms with Crippen molar-refractivity contribution in [1.82, 2.24) is 0 Å². The van der Waals surface area contributed by atoms with E-state index < -0.39 is 0 Å². The van der Waals surface area contributed by atoms with Gasteiger partial charge in [0.25, 0.3) is 0 Å². The molecule has 0 aliphatic carbocycles. The molecule has 2 heteroatoms. The second-order valence-corrected chi connectivity index (χ2v) is 7.61. The topological polar surface area (TPSA) is 40.5 Å². The van der Waals surface area contributed by atoms with Crippen LogP contribution in [-0.2, 0) is 0 Å². The molecule has 24 heavy (non-hydrogen) atoms. The number of hydrogen-bond acceptors (Lipinski definition) is 2. The highest BCUT2D eigenvalue weighted by atomic mass is 16.3. The van der Waals surface area contributed by atoms with Crippen molar-refractivity contribution >= 4 is 0 Å². The number of rotatable bonds is 20. The van der Waals surface area contributed by atoms with Crippen LogP contribution >= 0.6 is 0 Å². The van der Waals surface area contributed by atoms with Crippen molar-refractivity contribution in [2.75, 3.05) is 6.61 Å². The number of unbranched alkanes of at least 4 members (excludes halogenated alkanes) is 15. The summed E-state index contributed by atoms with van der Waals surface area (Å²) in [5, 5.41) is 18.7. The van der Waals surface area contributed by atoms with Gasteiger partial charge in [-0.2, -0.15) is 0 Å². The molecule has 0 aliphatic heterocycles. The van der Waals surface area contributed by atoms with Crippen molar-refractivity contribution in [3.05, 3.63) is 0 Å². The van der Waals surface area contributed by atoms with E-state index in [2.05, 4.69) is 6.92 Å². The summed E-state index contributed by atoms with van der Waals surface area (Å²) < 4.78 is 0. The highest BCUT2D eigenvalue weighted by molar-refractivity contribution is 4.57. The van der Waals surface area contributed by atoms with Crippen LogP contribution in [0.5, 0.6) is 0 Å². The van der Waals surface area contributed by atoms with Gasteiger partial charge in [0.15, 0.2) is 0 Å². The van der Waals surface area contributed by atoms with Crippen LogP contribution in [-0.4, -0.2) is 22.9 Å². The lowest BCUT2D eigenvalue weighted by Crippen LogP contribution is -2.05. The molecule has 0 heterocycles. The zero-order valence-electron chi connectivity index (χ0n) is 16.6. The SMILES string of the molecule is CCCCCCCCCCCCCCC(O)CCCCCCCO. The quantitative estimate of drug-likeness (QED) is 0.240. The minimum atomic E-state index is -0.0778. The Hall–Kier alpha value is -0.0800. The molecule has 0 saturated heterocycles. The first-order chi connectivity index (χ1) is 11.8. The van der Waals surface area contributed by atoms with Crippen molar-refractivity contribution in [3.63, 3.8) is 0 Å². The zero-order chi connectivity index (χ0) is 17.7. The standard InChI is InChI=1S/C22H46O2/c1-2-3-4-5-6-7-8-9-10-11-13-16-19-22(24)20-17-14-12-15-18-21-23/h22-24H,2-21H2,1H3. The van der Waals surface area contributed by atoms with E-state index >= 15 is 0 Å². The van der Waals surface area contributed by atoms with Gasteiger partial charge in [-0.3, -0.25) is 0 Å². The fourth-order valence-corrected chi connectivity index (χ4v) is 3.39. The van der Waals surface area contributed by atoms with Gasteiger partial charge >= 0.3 is 0 Å². The summed E-state index contributed by atoms with van der Waals surface area (Å²) in [4.78, 5) is 0. The first-order valence-electron chi connectivity index (χ1n) is 11.1. The van der Waals surface area contributed by atoms with E-state index in [4.69, 9.17) is 5.11 Å². The summed E-state index contributed by atoms with van der Waals surface area (Å²) in [6.07, 6.45) is 24.0. The van der Waals surface area contributed by atoms with Crippen LogP contribution in [0.2, 0.25) is 0 Å². The lowest BCUT2D eigenvalue weighted by atomic mass is 10.0. The number of aliphatic hydroxyl groups is 2. The Kier molecular flexibility index (Phi) is 20.9. The smallest absolute Gasteiger partial charge is 0.0540 e. The summed E-state index contributed by atoms with van der Waals surface area (Å²) in [7, 11) is 0. The highest BCUT2D eigenvalue weighted by Gasteiger charge is 2.03. The summed E-state index contributed by atoms with van der Waals surface area (Å²) in [6, 6.07) is 0. The molecule has 0 spiro atoms. The van der Waals surface area contributed by atoms with Gasteiger partial charge in [0.2, 0.25) is 0 Å². The molecule has 0 amide bonds. The van der Waals surface area contributed by atoms with E-state index in [1.165, 1.54) is 89.9 Å². The third kappa shape index (κ3) is 20.0. The van der Waals surface area contributed by atoms with Crippen LogP contribution < -0.4 is 0 Å². The maximum Gasteiger partial charge on any atom is 0.0540 e. The molecular weight excluding hydrogens is 296 g/mol. The maximum atomic E-state index is 9.97. The van der Waals surface area contributed by atoms with Crippen molar-refractivity contribution in [3.8, 4) is 0 Å². The van der Waals surface area contributed by atoms with Crippen molar-refractivity contribution < 1.29 is 10.2 Å². The minimum Gasteiger partial charge on any atom is -0.396 e. The molecule has 0 radical (unpaired) electrons. The van der Waals surface area contributed by atoms with Gasteiger partial charge < -0.3 is 10.2 Å². The largest absolute Gasteiger partial charge is 0.396 e. The molecule has 146 valence electrons. The van der Waals surface area contributed by atoms with E-state index in [0.717, 1.165) is 32.1 Å². The molecule has 0 aliphatic rings. The number of aliphatic hydroxyl groups excluding tert-OH is 2. The van der Waals surface area contributed by atoms with Gasteiger partial charge in [-0.1, -0.05) is 110 Å². The Morgan fingerprint density at radius 2 is 0.833 bits per heavy atom. The van der Waals surface area contributed by atoms with E-state index in [1.807, 2.05) is 0 Å². The van der Waals surface area contributed by atoms with Crippen molar-refractivity contribution in [2.45, 2.75) is 135 Å². The lowest BCUT2D eigenvalue weighted by Gasteiger charge is -2.10. The Morgan fingerprint density at radius 1 is 0.500 bits per heavy atom. The number of hydrogen-bond donors (Lipinski definition) is 2. The zero-order valence-corrected chi connectivity index (χ0v) is 16.6. The first-order valence-corrected chi connectivity index (χ1v) is 11.1. The van der Waals surface area contributed by atoms with Gasteiger partial charge in [0.05, 0.1) is 6.10 Å². The molecule has 0 aromatic carbocycles. The summed E-state index contributed by atoms with van der Waals surface area (Å²) in [6.45, 7) is 2.60. The first kappa shape index (κ1) is 23.9. The van der Waals surface area contributed by atoms with Gasteiger partial charge in [-0.25, -0.2) is 0 Å². The second-order valence-electron chi connectivity index (χ2n) is 7.61. The average Bonchev–Trinajstić information content (AvgIpc) is 2.59. The Balaban J connectivity index is 3.10. The van der Waals surface area contributed by atoms with E-state index in [9.17, 15) is 5.11 Å². The summed E-state index contributed by atoms with van der Waals surface area (Å²) in [5.41, 5.74) is 0. The third-order valence-corrected chi connectivity index (χ3v) is 5.09. The minimum absolute atomic E-state index is 0.0778. The summed E-state index contributed by atoms with van der Waals surface area (Å²) in [5.74, 6) is 0. The van der Waals surface area contributed by atoms with Crippen LogP contribution in [0.3, 0.4) is 0 Å². The van der Waals surface area contributed by atoms with E-state index in [0.29, 0.717) is 6.61 Å². The Morgan fingerprint density at radius 3 is 1.21 bits per heavy atom. The predicted octanol–water partition coefficient (Wildman–Crippen LogP) is 6.77. The molecule has 0 aromatic rings. The molecule has 0 fully saturated rings. The monoisotopic (exact) mass is 342 g/mol. The highest BCUT2D eigenvalue weighted by Crippen LogP contribution is 2.15.